The van der Waals surface area contributed by atoms with Crippen molar-refractivity contribution in [3.63, 3.8) is 0 Å². The van der Waals surface area contributed by atoms with Gasteiger partial charge in [-0.1, -0.05) is 18.2 Å². The van der Waals surface area contributed by atoms with E-state index in [2.05, 4.69) is 5.32 Å². The summed E-state index contributed by atoms with van der Waals surface area (Å²) in [5.74, 6) is -4.49. The molecular weight excluding hydrogens is 383 g/mol. The molecule has 0 spiro atoms. The fourth-order valence-electron chi connectivity index (χ4n) is 2.88. The first-order chi connectivity index (χ1) is 13.0. The maximum Gasteiger partial charge on any atom is 0.490 e. The Balaban J connectivity index is 0.000000345. The molecule has 1 aromatic rings. The van der Waals surface area contributed by atoms with Gasteiger partial charge in [-0.2, -0.15) is 13.2 Å². The van der Waals surface area contributed by atoms with Gasteiger partial charge in [0, 0.05) is 26.1 Å². The number of nitrogens with two attached hydrogens (primary N) is 1. The first-order valence-electron chi connectivity index (χ1n) is 8.26. The summed E-state index contributed by atoms with van der Waals surface area (Å²) in [5, 5.41) is 9.36. The van der Waals surface area contributed by atoms with Crippen LogP contribution in [0, 0.1) is 5.92 Å². The summed E-state index contributed by atoms with van der Waals surface area (Å²) in [4.78, 5) is 46.0. The Hall–Kier alpha value is -2.95. The molecule has 1 fully saturated rings. The number of benzene rings is 1. The highest BCUT2D eigenvalue weighted by molar-refractivity contribution is 6.08. The van der Waals surface area contributed by atoms with Crippen LogP contribution in [0.4, 0.5) is 13.2 Å². The number of carbonyl (C=O) groups excluding carboxylic acids is 3. The van der Waals surface area contributed by atoms with Crippen molar-refractivity contribution in [3.8, 4) is 0 Å². The van der Waals surface area contributed by atoms with E-state index in [1.54, 1.807) is 4.90 Å². The van der Waals surface area contributed by atoms with E-state index in [1.807, 2.05) is 18.2 Å². The monoisotopic (exact) mass is 401 g/mol. The van der Waals surface area contributed by atoms with Crippen molar-refractivity contribution in [2.75, 3.05) is 0 Å². The average Bonchev–Trinajstić information content (AvgIpc) is 3.04. The molecule has 8 nitrogen and oxygen atoms in total. The summed E-state index contributed by atoms with van der Waals surface area (Å²) < 4.78 is 31.7. The topological polar surface area (TPSA) is 130 Å². The van der Waals surface area contributed by atoms with Crippen molar-refractivity contribution in [1.29, 1.82) is 0 Å². The molecule has 0 bridgehead atoms. The molecule has 3 rings (SSSR count). The lowest BCUT2D eigenvalue weighted by Gasteiger charge is -2.24. The van der Waals surface area contributed by atoms with Crippen LogP contribution in [-0.4, -0.2) is 39.9 Å². The van der Waals surface area contributed by atoms with Crippen molar-refractivity contribution in [3.05, 3.63) is 34.9 Å². The van der Waals surface area contributed by atoms with Crippen molar-refractivity contribution >= 4 is 23.7 Å². The van der Waals surface area contributed by atoms with E-state index in [9.17, 15) is 27.6 Å². The van der Waals surface area contributed by atoms with Gasteiger partial charge in [0.05, 0.1) is 0 Å². The van der Waals surface area contributed by atoms with Crippen molar-refractivity contribution in [2.24, 2.45) is 11.7 Å². The van der Waals surface area contributed by atoms with Crippen LogP contribution >= 0.6 is 0 Å². The normalized spacial score (nSPS) is 18.7. The Bertz CT molecular complexity index is 810. The number of halogens is 3. The Labute approximate surface area is 157 Å². The molecule has 28 heavy (non-hydrogen) atoms. The second-order valence-electron chi connectivity index (χ2n) is 6.31. The molecule has 4 N–H and O–H groups in total. The molecular formula is C17H18F3N3O5. The number of hydrogen-bond donors (Lipinski definition) is 3. The van der Waals surface area contributed by atoms with E-state index in [4.69, 9.17) is 15.6 Å². The fraction of sp³-hybridized carbons (Fsp3) is 0.412. The van der Waals surface area contributed by atoms with E-state index < -0.39 is 24.0 Å². The van der Waals surface area contributed by atoms with Gasteiger partial charge >= 0.3 is 12.1 Å². The summed E-state index contributed by atoms with van der Waals surface area (Å²) in [5.41, 5.74) is 8.83. The van der Waals surface area contributed by atoms with E-state index in [1.165, 1.54) is 0 Å². The minimum atomic E-state index is -5.08. The molecule has 1 saturated heterocycles. The Kier molecular flexibility index (Phi) is 6.39. The van der Waals surface area contributed by atoms with Gasteiger partial charge in [0.15, 0.2) is 0 Å². The number of nitrogens with one attached hydrogen (secondary N) is 1. The summed E-state index contributed by atoms with van der Waals surface area (Å²) in [7, 11) is 0. The number of hydrogen-bond acceptors (Lipinski definition) is 5. The lowest BCUT2D eigenvalue weighted by molar-refractivity contribution is -0.192. The zero-order valence-electron chi connectivity index (χ0n) is 14.6. The van der Waals surface area contributed by atoms with Crippen LogP contribution in [-0.2, 0) is 38.8 Å². The first kappa shape index (κ1) is 21.4. The lowest BCUT2D eigenvalue weighted by atomic mass is 9.97. The summed E-state index contributed by atoms with van der Waals surface area (Å²) in [6.45, 7) is 1.48. The highest BCUT2D eigenvalue weighted by Gasteiger charge is 2.38. The second kappa shape index (κ2) is 8.38. The number of amides is 3. The number of imide groups is 1. The summed E-state index contributed by atoms with van der Waals surface area (Å²) in [6.07, 6.45) is -4.56. The zero-order valence-corrected chi connectivity index (χ0v) is 14.6. The van der Waals surface area contributed by atoms with Gasteiger partial charge in [-0.3, -0.25) is 19.7 Å². The highest BCUT2D eigenvalue weighted by Crippen LogP contribution is 2.27. The van der Waals surface area contributed by atoms with E-state index >= 15 is 0 Å². The third-order valence-electron chi connectivity index (χ3n) is 4.32. The van der Waals surface area contributed by atoms with Gasteiger partial charge in [0.2, 0.25) is 17.7 Å². The summed E-state index contributed by atoms with van der Waals surface area (Å²) >= 11 is 0. The number of fused-ring (bicyclic) bond motifs is 1. The maximum absolute atomic E-state index is 12.5. The van der Waals surface area contributed by atoms with E-state index in [0.29, 0.717) is 26.1 Å². The molecule has 0 aliphatic carbocycles. The number of carboxylic acids is 1. The van der Waals surface area contributed by atoms with Crippen molar-refractivity contribution < 1.29 is 37.5 Å². The van der Waals surface area contributed by atoms with Crippen LogP contribution in [0.2, 0.25) is 0 Å². The summed E-state index contributed by atoms with van der Waals surface area (Å²) in [6, 6.07) is 5.95. The third kappa shape index (κ3) is 5.06. The molecule has 0 aromatic heterocycles. The molecule has 0 radical (unpaired) electrons. The van der Waals surface area contributed by atoms with Gasteiger partial charge in [0.1, 0.15) is 5.92 Å². The second-order valence-corrected chi connectivity index (χ2v) is 6.31. The number of carboxylic acid groups (broad SMARTS) is 1. The number of nitrogens with zero attached hydrogens (tertiary/aromatic N) is 1. The van der Waals surface area contributed by atoms with Crippen LogP contribution in [0.1, 0.15) is 29.5 Å². The fourth-order valence-corrected chi connectivity index (χ4v) is 2.88. The number of aliphatic carboxylic acids is 1. The zero-order chi connectivity index (χ0) is 21.1. The quantitative estimate of drug-likeness (QED) is 0.493. The molecule has 3 amide bonds. The number of alkyl halides is 3. The van der Waals surface area contributed by atoms with Crippen LogP contribution in [0.5, 0.6) is 0 Å². The molecule has 1 unspecified atom stereocenters. The molecule has 1 aromatic carbocycles. The minimum Gasteiger partial charge on any atom is -0.475 e. The van der Waals surface area contributed by atoms with E-state index in [-0.39, 0.29) is 18.2 Å². The van der Waals surface area contributed by atoms with Crippen LogP contribution in [0.25, 0.3) is 0 Å². The van der Waals surface area contributed by atoms with E-state index in [0.717, 1.165) is 16.7 Å². The Morgan fingerprint density at radius 3 is 2.36 bits per heavy atom. The van der Waals surface area contributed by atoms with Crippen LogP contribution in [0.15, 0.2) is 18.2 Å². The molecule has 152 valence electrons. The number of rotatable bonds is 2. The predicted octanol–water partition coefficient (Wildman–Crippen LogP) is 0.674. The van der Waals surface area contributed by atoms with Gasteiger partial charge in [-0.05, 0) is 23.1 Å². The minimum absolute atomic E-state index is 0.203. The standard InChI is InChI=1S/C15H17N3O3.C2HF3O2/c16-6-9-1-2-10-7-18(8-11(10)5-9)15(21)12-3-4-13(19)17-14(12)20;3-2(4,5)1(6)7/h1-2,5,12H,3-4,6-8,16H2,(H,17,19,20);(H,6,7). The molecule has 2 aliphatic rings. The van der Waals surface area contributed by atoms with Crippen molar-refractivity contribution in [2.45, 2.75) is 38.7 Å². The van der Waals surface area contributed by atoms with Gasteiger partial charge in [-0.25, -0.2) is 4.79 Å². The molecule has 2 aliphatic heterocycles. The maximum atomic E-state index is 12.5. The molecule has 1 atom stereocenters. The third-order valence-corrected chi connectivity index (χ3v) is 4.32. The largest absolute Gasteiger partial charge is 0.490 e. The van der Waals surface area contributed by atoms with Gasteiger partial charge in [0.25, 0.3) is 0 Å². The predicted molar refractivity (Wildman–Crippen MR) is 88.2 cm³/mol. The van der Waals surface area contributed by atoms with Crippen LogP contribution in [0.3, 0.4) is 0 Å². The Morgan fingerprint density at radius 2 is 1.82 bits per heavy atom. The number of carbonyl (C=O) groups is 4. The molecule has 11 heteroatoms. The smallest absolute Gasteiger partial charge is 0.475 e. The highest BCUT2D eigenvalue weighted by atomic mass is 19.4. The average molecular weight is 401 g/mol. The van der Waals surface area contributed by atoms with Gasteiger partial charge < -0.3 is 15.7 Å². The Morgan fingerprint density at radius 1 is 1.21 bits per heavy atom. The van der Waals surface area contributed by atoms with Crippen LogP contribution < -0.4 is 11.1 Å². The molecule has 2 heterocycles. The number of piperidine rings is 1. The van der Waals surface area contributed by atoms with Crippen molar-refractivity contribution in [1.82, 2.24) is 10.2 Å². The lowest BCUT2D eigenvalue weighted by Crippen LogP contribution is -2.47. The first-order valence-corrected chi connectivity index (χ1v) is 8.26. The van der Waals surface area contributed by atoms with Gasteiger partial charge in [-0.15, -0.1) is 0 Å². The SMILES string of the molecule is NCc1ccc2c(c1)CN(C(=O)C1CCC(=O)NC1=O)C2.O=C(O)C(F)(F)F. The molecule has 0 saturated carbocycles.